The Balaban J connectivity index is 1.50. The molecule has 2 unspecified atom stereocenters. The first-order valence-corrected chi connectivity index (χ1v) is 6.66. The third kappa shape index (κ3) is 2.64. The molecule has 2 aliphatic heterocycles. The lowest BCUT2D eigenvalue weighted by Crippen LogP contribution is -2.45. The largest absolute Gasteiger partial charge is 0.308 e. The van der Waals surface area contributed by atoms with Crippen molar-refractivity contribution in [1.29, 1.82) is 0 Å². The third-order valence-corrected chi connectivity index (χ3v) is 4.02. The van der Waals surface area contributed by atoms with Crippen LogP contribution in [-0.2, 0) is 6.54 Å². The van der Waals surface area contributed by atoms with Gasteiger partial charge in [0.2, 0.25) is 0 Å². The van der Waals surface area contributed by atoms with Gasteiger partial charge in [0.1, 0.15) is 0 Å². The highest BCUT2D eigenvalue weighted by Crippen LogP contribution is 2.26. The summed E-state index contributed by atoms with van der Waals surface area (Å²) in [6.07, 6.45) is 7.09. The van der Waals surface area contributed by atoms with Gasteiger partial charge in [-0.1, -0.05) is 0 Å². The lowest BCUT2D eigenvalue weighted by atomic mass is 9.97. The van der Waals surface area contributed by atoms with Crippen LogP contribution in [0.4, 0.5) is 0 Å². The van der Waals surface area contributed by atoms with E-state index in [0.717, 1.165) is 18.3 Å². The topological polar surface area (TPSA) is 41.1 Å². The quantitative estimate of drug-likeness (QED) is 0.850. The summed E-state index contributed by atoms with van der Waals surface area (Å²) in [5.74, 6) is 0. The highest BCUT2D eigenvalue weighted by molar-refractivity contribution is 4.99. The van der Waals surface area contributed by atoms with Crippen molar-refractivity contribution < 1.29 is 0 Å². The van der Waals surface area contributed by atoms with Gasteiger partial charge < -0.3 is 10.2 Å². The van der Waals surface area contributed by atoms with Gasteiger partial charge in [-0.15, -0.1) is 0 Å². The van der Waals surface area contributed by atoms with Gasteiger partial charge in [-0.05, 0) is 50.9 Å². The predicted octanol–water partition coefficient (Wildman–Crippen LogP) is 1.19. The van der Waals surface area contributed by atoms with E-state index in [4.69, 9.17) is 0 Å². The van der Waals surface area contributed by atoms with E-state index >= 15 is 0 Å². The Bertz CT molecular complexity index is 354. The SMILES string of the molecule is c1cnnc(CNC2CCN3CCCC3C2)c1. The molecule has 0 spiro atoms. The van der Waals surface area contributed by atoms with Crippen LogP contribution in [0.1, 0.15) is 31.4 Å². The molecular formula is C13H20N4. The normalized spacial score (nSPS) is 29.2. The van der Waals surface area contributed by atoms with E-state index < -0.39 is 0 Å². The fraction of sp³-hybridized carbons (Fsp3) is 0.692. The van der Waals surface area contributed by atoms with Crippen LogP contribution in [0.5, 0.6) is 0 Å². The summed E-state index contributed by atoms with van der Waals surface area (Å²) in [4.78, 5) is 2.65. The summed E-state index contributed by atoms with van der Waals surface area (Å²) in [7, 11) is 0. The molecule has 2 saturated heterocycles. The Kier molecular flexibility index (Phi) is 3.34. The first-order valence-electron chi connectivity index (χ1n) is 6.66. The van der Waals surface area contributed by atoms with Crippen LogP contribution in [0.15, 0.2) is 18.3 Å². The van der Waals surface area contributed by atoms with Crippen LogP contribution in [0.2, 0.25) is 0 Å². The Hall–Kier alpha value is -1.00. The van der Waals surface area contributed by atoms with E-state index in [1.54, 1.807) is 6.20 Å². The molecule has 2 aliphatic rings. The minimum atomic E-state index is 0.663. The first kappa shape index (κ1) is 11.1. The van der Waals surface area contributed by atoms with Crippen LogP contribution >= 0.6 is 0 Å². The number of rotatable bonds is 3. The van der Waals surface area contributed by atoms with Crippen LogP contribution in [0, 0.1) is 0 Å². The molecule has 2 fully saturated rings. The zero-order valence-electron chi connectivity index (χ0n) is 10.2. The number of hydrogen-bond acceptors (Lipinski definition) is 4. The van der Waals surface area contributed by atoms with Crippen LogP contribution in [-0.4, -0.2) is 40.3 Å². The van der Waals surface area contributed by atoms with Crippen molar-refractivity contribution in [2.75, 3.05) is 13.1 Å². The molecule has 0 aromatic carbocycles. The number of fused-ring (bicyclic) bond motifs is 1. The Labute approximate surface area is 102 Å². The Morgan fingerprint density at radius 2 is 2.35 bits per heavy atom. The third-order valence-electron chi connectivity index (χ3n) is 4.02. The van der Waals surface area contributed by atoms with Crippen molar-refractivity contribution in [3.8, 4) is 0 Å². The van der Waals surface area contributed by atoms with E-state index in [2.05, 4.69) is 20.4 Å². The number of aromatic nitrogens is 2. The molecule has 0 aliphatic carbocycles. The molecule has 1 aromatic heterocycles. The molecule has 2 atom stereocenters. The summed E-state index contributed by atoms with van der Waals surface area (Å²) in [6, 6.07) is 5.48. The fourth-order valence-electron chi connectivity index (χ4n) is 3.09. The molecule has 0 amide bonds. The minimum absolute atomic E-state index is 0.663. The van der Waals surface area contributed by atoms with Crippen LogP contribution in [0.25, 0.3) is 0 Å². The van der Waals surface area contributed by atoms with Gasteiger partial charge in [-0.2, -0.15) is 10.2 Å². The van der Waals surface area contributed by atoms with Crippen molar-refractivity contribution in [2.24, 2.45) is 0 Å². The Morgan fingerprint density at radius 3 is 3.24 bits per heavy atom. The fourth-order valence-corrected chi connectivity index (χ4v) is 3.09. The van der Waals surface area contributed by atoms with E-state index in [0.29, 0.717) is 6.04 Å². The van der Waals surface area contributed by atoms with Crippen molar-refractivity contribution in [3.63, 3.8) is 0 Å². The molecule has 0 saturated carbocycles. The number of nitrogens with zero attached hydrogens (tertiary/aromatic N) is 3. The van der Waals surface area contributed by atoms with Gasteiger partial charge in [-0.25, -0.2) is 0 Å². The van der Waals surface area contributed by atoms with E-state index in [1.807, 2.05) is 12.1 Å². The maximum Gasteiger partial charge on any atom is 0.0769 e. The maximum absolute atomic E-state index is 4.11. The number of piperidine rings is 1. The second-order valence-electron chi connectivity index (χ2n) is 5.15. The van der Waals surface area contributed by atoms with Crippen molar-refractivity contribution in [1.82, 2.24) is 20.4 Å². The summed E-state index contributed by atoms with van der Waals surface area (Å²) in [6.45, 7) is 3.44. The number of hydrogen-bond donors (Lipinski definition) is 1. The van der Waals surface area contributed by atoms with Gasteiger partial charge in [0, 0.05) is 24.8 Å². The van der Waals surface area contributed by atoms with Gasteiger partial charge in [-0.3, -0.25) is 0 Å². The second kappa shape index (κ2) is 5.10. The smallest absolute Gasteiger partial charge is 0.0769 e. The second-order valence-corrected chi connectivity index (χ2v) is 5.15. The highest BCUT2D eigenvalue weighted by Gasteiger charge is 2.31. The zero-order valence-corrected chi connectivity index (χ0v) is 10.2. The van der Waals surface area contributed by atoms with E-state index in [1.165, 1.54) is 38.8 Å². The molecule has 4 heteroatoms. The Morgan fingerprint density at radius 1 is 1.35 bits per heavy atom. The van der Waals surface area contributed by atoms with Gasteiger partial charge >= 0.3 is 0 Å². The lowest BCUT2D eigenvalue weighted by molar-refractivity contribution is 0.166. The van der Waals surface area contributed by atoms with Gasteiger partial charge in [0.05, 0.1) is 5.69 Å². The highest BCUT2D eigenvalue weighted by atomic mass is 15.2. The molecule has 3 rings (SSSR count). The predicted molar refractivity (Wildman–Crippen MR) is 66.5 cm³/mol. The molecule has 92 valence electrons. The number of nitrogens with one attached hydrogen (secondary N) is 1. The van der Waals surface area contributed by atoms with Gasteiger partial charge in [0.25, 0.3) is 0 Å². The van der Waals surface area contributed by atoms with Gasteiger partial charge in [0.15, 0.2) is 0 Å². The van der Waals surface area contributed by atoms with Crippen LogP contribution < -0.4 is 5.32 Å². The maximum atomic E-state index is 4.11. The molecule has 4 nitrogen and oxygen atoms in total. The summed E-state index contributed by atoms with van der Waals surface area (Å²) < 4.78 is 0. The molecule has 1 N–H and O–H groups in total. The van der Waals surface area contributed by atoms with Crippen molar-refractivity contribution in [2.45, 2.75) is 44.3 Å². The standard InChI is InChI=1S/C13H20N4/c1-3-12(16-15-6-1)10-14-11-5-8-17-7-2-4-13(17)9-11/h1,3,6,11,13-14H,2,4-5,7-10H2. The summed E-state index contributed by atoms with van der Waals surface area (Å²) >= 11 is 0. The molecule has 0 radical (unpaired) electrons. The minimum Gasteiger partial charge on any atom is -0.308 e. The van der Waals surface area contributed by atoms with Crippen molar-refractivity contribution in [3.05, 3.63) is 24.0 Å². The average Bonchev–Trinajstić information content (AvgIpc) is 2.85. The zero-order chi connectivity index (χ0) is 11.5. The van der Waals surface area contributed by atoms with Crippen molar-refractivity contribution >= 4 is 0 Å². The molecule has 3 heterocycles. The monoisotopic (exact) mass is 232 g/mol. The van der Waals surface area contributed by atoms with E-state index in [9.17, 15) is 0 Å². The summed E-state index contributed by atoms with van der Waals surface area (Å²) in [5, 5.41) is 11.6. The molecule has 0 bridgehead atoms. The summed E-state index contributed by atoms with van der Waals surface area (Å²) in [5.41, 5.74) is 1.04. The molecule has 17 heavy (non-hydrogen) atoms. The van der Waals surface area contributed by atoms with E-state index in [-0.39, 0.29) is 0 Å². The van der Waals surface area contributed by atoms with Crippen LogP contribution in [0.3, 0.4) is 0 Å². The first-order chi connectivity index (χ1) is 8.42. The average molecular weight is 232 g/mol. The lowest BCUT2D eigenvalue weighted by Gasteiger charge is -2.35. The molecular weight excluding hydrogens is 212 g/mol. The molecule has 1 aromatic rings.